The largest absolute Gasteiger partial charge is 0.452 e. The Kier molecular flexibility index (Phi) is 3.75. The minimum atomic E-state index is 0.247. The molecule has 0 aliphatic rings. The van der Waals surface area contributed by atoms with Gasteiger partial charge < -0.3 is 4.74 Å². The van der Waals surface area contributed by atoms with E-state index in [1.807, 2.05) is 18.2 Å². The topological polar surface area (TPSA) is 26.3 Å². The highest BCUT2D eigenvalue weighted by Gasteiger charge is 1.99. The van der Waals surface area contributed by atoms with E-state index >= 15 is 0 Å². The van der Waals surface area contributed by atoms with Crippen molar-refractivity contribution in [3.8, 4) is 0 Å². The van der Waals surface area contributed by atoms with Crippen molar-refractivity contribution in [1.29, 1.82) is 0 Å². The van der Waals surface area contributed by atoms with Gasteiger partial charge in [0, 0.05) is 14.5 Å². The van der Waals surface area contributed by atoms with Gasteiger partial charge >= 0.3 is 6.47 Å². The molecule has 2 nitrogen and oxygen atoms in total. The lowest BCUT2D eigenvalue weighted by Crippen LogP contribution is -1.90. The maximum absolute atomic E-state index is 9.78. The smallest absolute Gasteiger partial charge is 0.417 e. The molecule has 12 heavy (non-hydrogen) atoms. The molecule has 0 unspecified atom stereocenters. The summed E-state index contributed by atoms with van der Waals surface area (Å²) in [5, 5.41) is 0. The molecule has 4 heteroatoms. The van der Waals surface area contributed by atoms with Crippen LogP contribution in [0.15, 0.2) is 27.1 Å². The summed E-state index contributed by atoms with van der Waals surface area (Å²) in [6.45, 7) is 1.62. The summed E-state index contributed by atoms with van der Waals surface area (Å²) in [5.41, 5.74) is 0.918. The third-order valence-electron chi connectivity index (χ3n) is 1.30. The normalized spacial score (nSPS) is 9.50. The van der Waals surface area contributed by atoms with Gasteiger partial charge in [-0.05, 0) is 12.1 Å². The van der Waals surface area contributed by atoms with Crippen LogP contribution in [-0.4, -0.2) is 6.47 Å². The van der Waals surface area contributed by atoms with Gasteiger partial charge in [0.15, 0.2) is 0 Å². The van der Waals surface area contributed by atoms with E-state index in [0.29, 0.717) is 0 Å². The minimum Gasteiger partial charge on any atom is -0.452 e. The molecule has 0 fully saturated rings. The molecule has 0 atom stereocenters. The molecule has 0 aliphatic heterocycles. The molecule has 1 aromatic carbocycles. The molecule has 1 rings (SSSR count). The van der Waals surface area contributed by atoms with Crippen LogP contribution in [0.2, 0.25) is 0 Å². The van der Waals surface area contributed by atoms with Crippen LogP contribution in [0, 0.1) is 0 Å². The van der Waals surface area contributed by atoms with E-state index in [4.69, 9.17) is 0 Å². The summed E-state index contributed by atoms with van der Waals surface area (Å²) in [4.78, 5) is 9.78. The maximum Gasteiger partial charge on any atom is 0.417 e. The highest BCUT2D eigenvalue weighted by Crippen LogP contribution is 2.22. The molecule has 0 heterocycles. The summed E-state index contributed by atoms with van der Waals surface area (Å²) in [6.07, 6.45) is 0. The van der Waals surface area contributed by atoms with Gasteiger partial charge in [0.1, 0.15) is 6.61 Å². The Balaban J connectivity index is 2.78. The van der Waals surface area contributed by atoms with Crippen LogP contribution in [0.25, 0.3) is 0 Å². The third-order valence-corrected chi connectivity index (χ3v) is 2.53. The zero-order chi connectivity index (χ0) is 8.97. The van der Waals surface area contributed by atoms with Gasteiger partial charge in [0.2, 0.25) is 0 Å². The first-order valence-electron chi connectivity index (χ1n) is 3.17. The number of hydrogen-bond donors (Lipinski definition) is 0. The van der Waals surface area contributed by atoms with Gasteiger partial charge in [-0.1, -0.05) is 37.9 Å². The van der Waals surface area contributed by atoms with Crippen LogP contribution in [0.5, 0.6) is 0 Å². The van der Waals surface area contributed by atoms with E-state index in [9.17, 15) is 4.79 Å². The predicted octanol–water partition coefficient (Wildman–Crippen LogP) is 2.80. The number of carbonyl (C=O) groups excluding carboxylic acids is 1. The van der Waals surface area contributed by atoms with Gasteiger partial charge in [-0.15, -0.1) is 0 Å². The Morgan fingerprint density at radius 3 is 2.75 bits per heavy atom. The van der Waals surface area contributed by atoms with Crippen molar-refractivity contribution in [2.24, 2.45) is 0 Å². The second-order valence-electron chi connectivity index (χ2n) is 2.11. The molecule has 0 saturated carbocycles. The van der Waals surface area contributed by atoms with Gasteiger partial charge in [-0.2, -0.15) is 0 Å². The average Bonchev–Trinajstić information content (AvgIpc) is 2.03. The Morgan fingerprint density at radius 2 is 2.17 bits per heavy atom. The van der Waals surface area contributed by atoms with Crippen LogP contribution < -0.4 is 0 Å². The van der Waals surface area contributed by atoms with E-state index in [-0.39, 0.29) is 6.61 Å². The first kappa shape index (κ1) is 9.74. The standard InChI is InChI=1S/C8H5Br2O2/c9-7-2-1-6(4-12-5-11)8(10)3-7/h1-3H,4H2. The monoisotopic (exact) mass is 291 g/mol. The predicted molar refractivity (Wildman–Crippen MR) is 52.3 cm³/mol. The lowest BCUT2D eigenvalue weighted by molar-refractivity contribution is 0.266. The minimum absolute atomic E-state index is 0.247. The molecule has 0 amide bonds. The number of rotatable bonds is 3. The van der Waals surface area contributed by atoms with Crippen LogP contribution >= 0.6 is 31.9 Å². The van der Waals surface area contributed by atoms with E-state index in [0.717, 1.165) is 14.5 Å². The fourth-order valence-corrected chi connectivity index (χ4v) is 1.91. The molecule has 0 bridgehead atoms. The van der Waals surface area contributed by atoms with Gasteiger partial charge in [-0.3, -0.25) is 0 Å². The van der Waals surface area contributed by atoms with E-state index < -0.39 is 0 Å². The van der Waals surface area contributed by atoms with Gasteiger partial charge in [-0.25, -0.2) is 4.79 Å². The molecular formula is C8H5Br2O2. The van der Waals surface area contributed by atoms with Crippen LogP contribution in [-0.2, 0) is 16.1 Å². The average molecular weight is 293 g/mol. The van der Waals surface area contributed by atoms with Gasteiger partial charge in [0.25, 0.3) is 0 Å². The highest BCUT2D eigenvalue weighted by atomic mass is 79.9. The third kappa shape index (κ3) is 2.60. The first-order chi connectivity index (χ1) is 5.74. The summed E-state index contributed by atoms with van der Waals surface area (Å²) < 4.78 is 6.38. The van der Waals surface area contributed by atoms with Crippen LogP contribution in [0.4, 0.5) is 0 Å². The van der Waals surface area contributed by atoms with E-state index in [2.05, 4.69) is 36.6 Å². The van der Waals surface area contributed by atoms with Crippen LogP contribution in [0.3, 0.4) is 0 Å². The Hall–Kier alpha value is -0.350. The fourth-order valence-electron chi connectivity index (χ4n) is 0.746. The molecule has 1 aromatic rings. The number of benzene rings is 1. The van der Waals surface area contributed by atoms with Crippen LogP contribution in [0.1, 0.15) is 5.56 Å². The quantitative estimate of drug-likeness (QED) is 0.856. The van der Waals surface area contributed by atoms with Crippen molar-refractivity contribution in [2.75, 3.05) is 0 Å². The van der Waals surface area contributed by atoms with Crippen molar-refractivity contribution in [3.63, 3.8) is 0 Å². The number of ether oxygens (including phenoxy) is 1. The Morgan fingerprint density at radius 1 is 1.42 bits per heavy atom. The van der Waals surface area contributed by atoms with Crippen molar-refractivity contribution in [2.45, 2.75) is 6.61 Å². The molecule has 1 radical (unpaired) electrons. The first-order valence-corrected chi connectivity index (χ1v) is 4.75. The molecule has 0 aliphatic carbocycles. The summed E-state index contributed by atoms with van der Waals surface area (Å²) in [5.74, 6) is 0. The lowest BCUT2D eigenvalue weighted by Gasteiger charge is -2.01. The number of hydrogen-bond acceptors (Lipinski definition) is 2. The van der Waals surface area contributed by atoms with Crippen molar-refractivity contribution >= 4 is 38.3 Å². The lowest BCUT2D eigenvalue weighted by atomic mass is 10.2. The van der Waals surface area contributed by atoms with E-state index in [1.54, 1.807) is 0 Å². The SMILES string of the molecule is O=[C]OCc1ccc(Br)cc1Br. The van der Waals surface area contributed by atoms with E-state index in [1.165, 1.54) is 6.47 Å². The fraction of sp³-hybridized carbons (Fsp3) is 0.125. The Labute approximate surface area is 87.2 Å². The molecule has 0 N–H and O–H groups in total. The Bertz CT molecular complexity index is 286. The molecule has 0 saturated heterocycles. The molecule has 0 spiro atoms. The zero-order valence-electron chi connectivity index (χ0n) is 6.01. The molecule has 0 aromatic heterocycles. The molecule has 63 valence electrons. The van der Waals surface area contributed by atoms with Gasteiger partial charge in [0.05, 0.1) is 0 Å². The summed E-state index contributed by atoms with van der Waals surface area (Å²) in [7, 11) is 0. The zero-order valence-corrected chi connectivity index (χ0v) is 9.18. The summed E-state index contributed by atoms with van der Waals surface area (Å²) in [6, 6.07) is 5.64. The molecular weight excluding hydrogens is 288 g/mol. The summed E-state index contributed by atoms with van der Waals surface area (Å²) >= 11 is 6.65. The maximum atomic E-state index is 9.78. The van der Waals surface area contributed by atoms with Crippen molar-refractivity contribution in [1.82, 2.24) is 0 Å². The number of halogens is 2. The van der Waals surface area contributed by atoms with Crippen molar-refractivity contribution in [3.05, 3.63) is 32.7 Å². The highest BCUT2D eigenvalue weighted by molar-refractivity contribution is 9.11. The second kappa shape index (κ2) is 4.62. The van der Waals surface area contributed by atoms with Crippen molar-refractivity contribution < 1.29 is 9.53 Å². The second-order valence-corrected chi connectivity index (χ2v) is 3.88.